The summed E-state index contributed by atoms with van der Waals surface area (Å²) < 4.78 is 1.50. The maximum absolute atomic E-state index is 10.5. The van der Waals surface area contributed by atoms with Gasteiger partial charge in [-0.05, 0) is 22.6 Å². The van der Waals surface area contributed by atoms with Crippen LogP contribution in [0.2, 0.25) is 0 Å². The molecule has 0 radical (unpaired) electrons. The topological polar surface area (TPSA) is 93.8 Å². The summed E-state index contributed by atoms with van der Waals surface area (Å²) in [6.45, 7) is 0. The number of hydrogen-bond acceptors (Lipinski definition) is 5. The Labute approximate surface area is 90.7 Å². The standard InChI is InChI=1S/C9H9N5O2/c15-9(16)2-1-8-11-12-13-14(8)7-3-5-10-6-4-7/h3-6H,1-2H2,(H,15,16). The van der Waals surface area contributed by atoms with Crippen LogP contribution in [0.5, 0.6) is 0 Å². The minimum atomic E-state index is -0.871. The van der Waals surface area contributed by atoms with Crippen molar-refractivity contribution in [2.75, 3.05) is 0 Å². The first kappa shape index (κ1) is 10.2. The number of carboxylic acid groups (broad SMARTS) is 1. The fourth-order valence-electron chi connectivity index (χ4n) is 1.27. The van der Waals surface area contributed by atoms with Gasteiger partial charge in [0.05, 0.1) is 12.1 Å². The molecule has 16 heavy (non-hydrogen) atoms. The third kappa shape index (κ3) is 2.19. The SMILES string of the molecule is O=C(O)CCc1nnnn1-c1ccncc1. The second-order valence-corrected chi connectivity index (χ2v) is 3.11. The molecule has 0 aliphatic heterocycles. The molecular formula is C9H9N5O2. The Morgan fingerprint density at radius 3 is 2.81 bits per heavy atom. The molecule has 2 aromatic rings. The number of aryl methyl sites for hydroxylation is 1. The van der Waals surface area contributed by atoms with E-state index in [0.717, 1.165) is 5.69 Å². The van der Waals surface area contributed by atoms with Crippen molar-refractivity contribution in [3.63, 3.8) is 0 Å². The summed E-state index contributed by atoms with van der Waals surface area (Å²) >= 11 is 0. The quantitative estimate of drug-likeness (QED) is 0.782. The van der Waals surface area contributed by atoms with Crippen LogP contribution in [0, 0.1) is 0 Å². The van der Waals surface area contributed by atoms with Gasteiger partial charge in [0.1, 0.15) is 0 Å². The van der Waals surface area contributed by atoms with Crippen LogP contribution in [0.25, 0.3) is 5.69 Å². The van der Waals surface area contributed by atoms with Crippen molar-refractivity contribution in [3.8, 4) is 5.69 Å². The molecule has 0 fully saturated rings. The average molecular weight is 219 g/mol. The molecule has 0 saturated carbocycles. The molecule has 0 aromatic carbocycles. The van der Waals surface area contributed by atoms with E-state index >= 15 is 0 Å². The second-order valence-electron chi connectivity index (χ2n) is 3.11. The van der Waals surface area contributed by atoms with Gasteiger partial charge in [0.25, 0.3) is 0 Å². The average Bonchev–Trinajstić information content (AvgIpc) is 2.75. The normalized spacial score (nSPS) is 10.2. The van der Waals surface area contributed by atoms with Crippen LogP contribution < -0.4 is 0 Å². The summed E-state index contributed by atoms with van der Waals surface area (Å²) in [6, 6.07) is 3.50. The first-order chi connectivity index (χ1) is 7.77. The highest BCUT2D eigenvalue weighted by Crippen LogP contribution is 2.07. The molecule has 0 unspecified atom stereocenters. The molecule has 2 rings (SSSR count). The molecule has 0 aliphatic rings. The van der Waals surface area contributed by atoms with Gasteiger partial charge in [0.2, 0.25) is 0 Å². The third-order valence-corrected chi connectivity index (χ3v) is 2.00. The van der Waals surface area contributed by atoms with Crippen LogP contribution >= 0.6 is 0 Å². The zero-order valence-electron chi connectivity index (χ0n) is 8.32. The van der Waals surface area contributed by atoms with E-state index in [-0.39, 0.29) is 6.42 Å². The van der Waals surface area contributed by atoms with Crippen LogP contribution in [0.1, 0.15) is 12.2 Å². The Morgan fingerprint density at radius 2 is 2.12 bits per heavy atom. The van der Waals surface area contributed by atoms with Gasteiger partial charge >= 0.3 is 5.97 Å². The molecule has 82 valence electrons. The molecule has 0 atom stereocenters. The van der Waals surface area contributed by atoms with Gasteiger partial charge in [0.15, 0.2) is 5.82 Å². The monoisotopic (exact) mass is 219 g/mol. The maximum atomic E-state index is 10.5. The molecule has 7 heteroatoms. The number of aliphatic carboxylic acids is 1. The fourth-order valence-corrected chi connectivity index (χ4v) is 1.27. The van der Waals surface area contributed by atoms with Crippen molar-refractivity contribution < 1.29 is 9.90 Å². The molecule has 1 N–H and O–H groups in total. The number of carbonyl (C=O) groups is 1. The lowest BCUT2D eigenvalue weighted by molar-refractivity contribution is -0.137. The lowest BCUT2D eigenvalue weighted by atomic mass is 10.3. The second kappa shape index (κ2) is 4.47. The van der Waals surface area contributed by atoms with Crippen LogP contribution in [0.4, 0.5) is 0 Å². The van der Waals surface area contributed by atoms with Crippen molar-refractivity contribution in [2.45, 2.75) is 12.8 Å². The zero-order valence-corrected chi connectivity index (χ0v) is 8.32. The molecule has 2 heterocycles. The van der Waals surface area contributed by atoms with Gasteiger partial charge in [-0.15, -0.1) is 5.10 Å². The highest BCUT2D eigenvalue weighted by molar-refractivity contribution is 5.66. The number of hydrogen-bond donors (Lipinski definition) is 1. The molecule has 0 amide bonds. The van der Waals surface area contributed by atoms with Crippen LogP contribution in [-0.4, -0.2) is 36.3 Å². The number of carboxylic acids is 1. The molecule has 7 nitrogen and oxygen atoms in total. The Balaban J connectivity index is 2.23. The Morgan fingerprint density at radius 1 is 1.38 bits per heavy atom. The Bertz CT molecular complexity index is 482. The van der Waals surface area contributed by atoms with Gasteiger partial charge in [-0.25, -0.2) is 0 Å². The minimum absolute atomic E-state index is 0.00541. The van der Waals surface area contributed by atoms with Crippen molar-refractivity contribution in [1.82, 2.24) is 25.2 Å². The largest absolute Gasteiger partial charge is 0.481 e. The first-order valence-corrected chi connectivity index (χ1v) is 4.67. The summed E-state index contributed by atoms with van der Waals surface area (Å²) in [6.07, 6.45) is 3.55. The predicted molar refractivity (Wildman–Crippen MR) is 52.9 cm³/mol. The van der Waals surface area contributed by atoms with Crippen LogP contribution in [-0.2, 0) is 11.2 Å². The number of pyridine rings is 1. The highest BCUT2D eigenvalue weighted by Gasteiger charge is 2.09. The van der Waals surface area contributed by atoms with Gasteiger partial charge in [0, 0.05) is 18.8 Å². The number of aromatic nitrogens is 5. The van der Waals surface area contributed by atoms with E-state index < -0.39 is 5.97 Å². The van der Waals surface area contributed by atoms with Gasteiger partial charge in [-0.3, -0.25) is 9.78 Å². The Hall–Kier alpha value is -2.31. The maximum Gasteiger partial charge on any atom is 0.303 e. The molecule has 0 saturated heterocycles. The molecule has 0 spiro atoms. The smallest absolute Gasteiger partial charge is 0.303 e. The van der Waals surface area contributed by atoms with E-state index in [1.54, 1.807) is 24.5 Å². The third-order valence-electron chi connectivity index (χ3n) is 2.00. The summed E-state index contributed by atoms with van der Waals surface area (Å²) in [5.41, 5.74) is 0.764. The molecule has 0 bridgehead atoms. The van der Waals surface area contributed by atoms with Gasteiger partial charge < -0.3 is 5.11 Å². The highest BCUT2D eigenvalue weighted by atomic mass is 16.4. The molecule has 2 aromatic heterocycles. The minimum Gasteiger partial charge on any atom is -0.481 e. The molecule has 0 aliphatic carbocycles. The van der Waals surface area contributed by atoms with Gasteiger partial charge in [-0.1, -0.05) is 0 Å². The lowest BCUT2D eigenvalue weighted by Crippen LogP contribution is -2.06. The Kier molecular flexibility index (Phi) is 2.86. The first-order valence-electron chi connectivity index (χ1n) is 4.67. The predicted octanol–water partition coefficient (Wildman–Crippen LogP) is 0.0745. The number of nitrogens with zero attached hydrogens (tertiary/aromatic N) is 5. The van der Waals surface area contributed by atoms with Crippen molar-refractivity contribution in [2.24, 2.45) is 0 Å². The van der Waals surface area contributed by atoms with Crippen LogP contribution in [0.15, 0.2) is 24.5 Å². The van der Waals surface area contributed by atoms with E-state index in [2.05, 4.69) is 20.5 Å². The van der Waals surface area contributed by atoms with E-state index in [4.69, 9.17) is 5.11 Å². The van der Waals surface area contributed by atoms with E-state index in [1.807, 2.05) is 0 Å². The van der Waals surface area contributed by atoms with E-state index in [1.165, 1.54) is 4.68 Å². The van der Waals surface area contributed by atoms with Crippen molar-refractivity contribution in [1.29, 1.82) is 0 Å². The number of rotatable bonds is 4. The number of tetrazole rings is 1. The van der Waals surface area contributed by atoms with Crippen molar-refractivity contribution >= 4 is 5.97 Å². The summed E-state index contributed by atoms with van der Waals surface area (Å²) in [7, 11) is 0. The fraction of sp³-hybridized carbons (Fsp3) is 0.222. The van der Waals surface area contributed by atoms with Crippen LogP contribution in [0.3, 0.4) is 0 Å². The summed E-state index contributed by atoms with van der Waals surface area (Å²) in [4.78, 5) is 14.3. The lowest BCUT2D eigenvalue weighted by Gasteiger charge is -2.01. The van der Waals surface area contributed by atoms with E-state index in [9.17, 15) is 4.79 Å². The summed E-state index contributed by atoms with van der Waals surface area (Å²) in [5, 5.41) is 19.7. The van der Waals surface area contributed by atoms with E-state index in [0.29, 0.717) is 12.2 Å². The zero-order chi connectivity index (χ0) is 11.4. The van der Waals surface area contributed by atoms with Gasteiger partial charge in [-0.2, -0.15) is 4.68 Å². The summed E-state index contributed by atoms with van der Waals surface area (Å²) in [5.74, 6) is -0.349. The van der Waals surface area contributed by atoms with Crippen molar-refractivity contribution in [3.05, 3.63) is 30.4 Å². The molecular weight excluding hydrogens is 210 g/mol.